The van der Waals surface area contributed by atoms with Crippen LogP contribution in [-0.2, 0) is 19.6 Å². The fourth-order valence-electron chi connectivity index (χ4n) is 5.15. The molecule has 0 saturated carbocycles. The Kier molecular flexibility index (Phi) is 12.7. The second-order valence-electron chi connectivity index (χ2n) is 11.1. The largest absolute Gasteiger partial charge is 0.399 e. The number of aliphatic hydroxyl groups excluding tert-OH is 1. The van der Waals surface area contributed by atoms with E-state index in [-0.39, 0.29) is 35.8 Å². The van der Waals surface area contributed by atoms with Gasteiger partial charge in [0, 0.05) is 37.7 Å². The second-order valence-corrected chi connectivity index (χ2v) is 13.0. The number of carbonyl (C=O) groups excluding carboxylic acids is 2. The molecule has 0 aliphatic rings. The zero-order valence-corrected chi connectivity index (χ0v) is 26.0. The number of amides is 2. The summed E-state index contributed by atoms with van der Waals surface area (Å²) < 4.78 is 28.4. The van der Waals surface area contributed by atoms with Crippen molar-refractivity contribution in [2.45, 2.75) is 62.9 Å². The molecule has 0 radical (unpaired) electrons. The number of nitrogen functional groups attached to an aromatic ring is 1. The molecule has 43 heavy (non-hydrogen) atoms. The molecule has 3 aromatic carbocycles. The number of nitrogens with one attached hydrogen (secondary N) is 2. The summed E-state index contributed by atoms with van der Waals surface area (Å²) >= 11 is 0. The molecule has 3 aromatic rings. The number of unbranched alkanes of at least 4 members (excludes halogenated alkanes) is 1. The number of nitrogens with two attached hydrogens (primary N) is 1. The van der Waals surface area contributed by atoms with Gasteiger partial charge in [0.15, 0.2) is 0 Å². The maximum absolute atomic E-state index is 13.5. The molecule has 0 aliphatic carbocycles. The smallest absolute Gasteiger partial charge is 0.243 e. The highest BCUT2D eigenvalue weighted by Crippen LogP contribution is 2.29. The average Bonchev–Trinajstić information content (AvgIpc) is 2.98. The first-order valence-electron chi connectivity index (χ1n) is 14.7. The Morgan fingerprint density at radius 1 is 0.884 bits per heavy atom. The lowest BCUT2D eigenvalue weighted by Gasteiger charge is -2.31. The minimum absolute atomic E-state index is 0.0461. The molecule has 0 aromatic heterocycles. The molecule has 2 amide bonds. The molecule has 0 spiro atoms. The van der Waals surface area contributed by atoms with E-state index in [1.165, 1.54) is 23.4 Å². The number of aliphatic hydroxyl groups is 1. The Bertz CT molecular complexity index is 1360. The van der Waals surface area contributed by atoms with Gasteiger partial charge in [0.1, 0.15) is 6.04 Å². The van der Waals surface area contributed by atoms with E-state index in [9.17, 15) is 23.1 Å². The van der Waals surface area contributed by atoms with Gasteiger partial charge in [0.05, 0.1) is 11.5 Å². The third-order valence-corrected chi connectivity index (χ3v) is 9.14. The standard InChI is InChI=1S/C33H44N4O5S/c1-24(2)22-37(43(41,42)30-19-17-28(34)18-20-30)29(23-38)16-10-11-21-35-33(40)32(36-25(3)39)31(26-12-6-4-7-13-26)27-14-8-5-9-15-27/h4-9,12-15,17-20,24,29,31-32,38H,10-11,16,21-23,34H2,1-3H3,(H,35,40)(H,36,39)/t29-,32-/m0/s1. The van der Waals surface area contributed by atoms with Crippen LogP contribution in [0.3, 0.4) is 0 Å². The first-order chi connectivity index (χ1) is 20.5. The average molecular weight is 609 g/mol. The summed E-state index contributed by atoms with van der Waals surface area (Å²) in [5, 5.41) is 16.0. The Hall–Kier alpha value is -3.73. The fraction of sp³-hybridized carbons (Fsp3) is 0.394. The number of benzene rings is 3. The number of anilines is 1. The van der Waals surface area contributed by atoms with E-state index in [2.05, 4.69) is 10.6 Å². The second kappa shape index (κ2) is 16.2. The Morgan fingerprint density at radius 2 is 1.44 bits per heavy atom. The summed E-state index contributed by atoms with van der Waals surface area (Å²) in [5.74, 6) is -0.965. The first kappa shape index (κ1) is 33.8. The number of carbonyl (C=O) groups is 2. The highest BCUT2D eigenvalue weighted by molar-refractivity contribution is 7.89. The van der Waals surface area contributed by atoms with E-state index in [0.29, 0.717) is 31.5 Å². The van der Waals surface area contributed by atoms with E-state index in [0.717, 1.165) is 11.1 Å². The number of rotatable bonds is 16. The molecule has 0 bridgehead atoms. The number of hydrogen-bond acceptors (Lipinski definition) is 6. The Labute approximate surface area is 255 Å². The van der Waals surface area contributed by atoms with E-state index < -0.39 is 28.0 Å². The molecule has 3 rings (SSSR count). The lowest BCUT2D eigenvalue weighted by atomic mass is 9.84. The summed E-state index contributed by atoms with van der Waals surface area (Å²) in [6, 6.07) is 23.8. The van der Waals surface area contributed by atoms with Gasteiger partial charge in [-0.15, -0.1) is 0 Å². The quantitative estimate of drug-likeness (QED) is 0.144. The molecule has 0 aliphatic heterocycles. The van der Waals surface area contributed by atoms with Crippen LogP contribution in [0.1, 0.15) is 57.1 Å². The highest BCUT2D eigenvalue weighted by atomic mass is 32.2. The van der Waals surface area contributed by atoms with Gasteiger partial charge in [-0.1, -0.05) is 80.9 Å². The van der Waals surface area contributed by atoms with Gasteiger partial charge in [0.25, 0.3) is 0 Å². The van der Waals surface area contributed by atoms with Crippen LogP contribution in [0.2, 0.25) is 0 Å². The predicted octanol–water partition coefficient (Wildman–Crippen LogP) is 3.90. The van der Waals surface area contributed by atoms with Crippen molar-refractivity contribution in [3.05, 3.63) is 96.1 Å². The highest BCUT2D eigenvalue weighted by Gasteiger charge is 2.33. The minimum atomic E-state index is -3.86. The molecule has 0 saturated heterocycles. The molecule has 5 N–H and O–H groups in total. The number of nitrogens with zero attached hydrogens (tertiary/aromatic N) is 1. The predicted molar refractivity (Wildman–Crippen MR) is 170 cm³/mol. The van der Waals surface area contributed by atoms with E-state index in [1.54, 1.807) is 12.1 Å². The molecule has 232 valence electrons. The van der Waals surface area contributed by atoms with Crippen molar-refractivity contribution in [2.24, 2.45) is 5.92 Å². The van der Waals surface area contributed by atoms with Crippen molar-refractivity contribution >= 4 is 27.5 Å². The summed E-state index contributed by atoms with van der Waals surface area (Å²) in [5.41, 5.74) is 8.02. The van der Waals surface area contributed by atoms with Crippen LogP contribution in [0.25, 0.3) is 0 Å². The van der Waals surface area contributed by atoms with E-state index in [4.69, 9.17) is 5.73 Å². The van der Waals surface area contributed by atoms with Gasteiger partial charge in [0.2, 0.25) is 21.8 Å². The van der Waals surface area contributed by atoms with Crippen LogP contribution < -0.4 is 16.4 Å². The summed E-state index contributed by atoms with van der Waals surface area (Å²) in [6.45, 7) is 5.52. The van der Waals surface area contributed by atoms with Crippen LogP contribution in [0.4, 0.5) is 5.69 Å². The van der Waals surface area contributed by atoms with Gasteiger partial charge in [-0.3, -0.25) is 9.59 Å². The lowest BCUT2D eigenvalue weighted by molar-refractivity contribution is -0.128. The molecular formula is C33H44N4O5S. The van der Waals surface area contributed by atoms with Gasteiger partial charge >= 0.3 is 0 Å². The SMILES string of the molecule is CC(=O)N[C@H](C(=O)NCCCC[C@@H](CO)N(CC(C)C)S(=O)(=O)c1ccc(N)cc1)C(c1ccccc1)c1ccccc1. The molecular weight excluding hydrogens is 564 g/mol. The monoisotopic (exact) mass is 608 g/mol. The summed E-state index contributed by atoms with van der Waals surface area (Å²) in [6.07, 6.45) is 1.55. The molecule has 0 unspecified atom stereocenters. The topological polar surface area (TPSA) is 142 Å². The van der Waals surface area contributed by atoms with Crippen molar-refractivity contribution in [3.8, 4) is 0 Å². The van der Waals surface area contributed by atoms with Crippen molar-refractivity contribution in [3.63, 3.8) is 0 Å². The maximum atomic E-state index is 13.5. The third kappa shape index (κ3) is 9.64. The minimum Gasteiger partial charge on any atom is -0.399 e. The van der Waals surface area contributed by atoms with Crippen LogP contribution in [-0.4, -0.2) is 61.4 Å². The van der Waals surface area contributed by atoms with Gasteiger partial charge in [-0.05, 0) is 54.2 Å². The van der Waals surface area contributed by atoms with Crippen LogP contribution in [0.5, 0.6) is 0 Å². The summed E-state index contributed by atoms with van der Waals surface area (Å²) in [7, 11) is -3.86. The molecule has 10 heteroatoms. The van der Waals surface area contributed by atoms with Crippen LogP contribution in [0, 0.1) is 5.92 Å². The molecule has 0 heterocycles. The van der Waals surface area contributed by atoms with Crippen molar-refractivity contribution in [2.75, 3.05) is 25.4 Å². The Morgan fingerprint density at radius 3 is 1.93 bits per heavy atom. The van der Waals surface area contributed by atoms with Crippen molar-refractivity contribution in [1.29, 1.82) is 0 Å². The van der Waals surface area contributed by atoms with Crippen molar-refractivity contribution in [1.82, 2.24) is 14.9 Å². The van der Waals surface area contributed by atoms with E-state index in [1.807, 2.05) is 74.5 Å². The normalized spacial score (nSPS) is 13.2. The number of sulfonamides is 1. The van der Waals surface area contributed by atoms with Gasteiger partial charge < -0.3 is 21.5 Å². The lowest BCUT2D eigenvalue weighted by Crippen LogP contribution is -2.50. The van der Waals surface area contributed by atoms with Crippen LogP contribution in [0.15, 0.2) is 89.8 Å². The van der Waals surface area contributed by atoms with Crippen molar-refractivity contribution < 1.29 is 23.1 Å². The molecule has 9 nitrogen and oxygen atoms in total. The van der Waals surface area contributed by atoms with E-state index >= 15 is 0 Å². The molecule has 2 atom stereocenters. The molecule has 0 fully saturated rings. The van der Waals surface area contributed by atoms with Gasteiger partial charge in [-0.2, -0.15) is 4.31 Å². The number of hydrogen-bond donors (Lipinski definition) is 4. The van der Waals surface area contributed by atoms with Crippen LogP contribution >= 0.6 is 0 Å². The van der Waals surface area contributed by atoms with Gasteiger partial charge in [-0.25, -0.2) is 8.42 Å². The Balaban J connectivity index is 1.68. The first-order valence-corrected chi connectivity index (χ1v) is 16.1. The zero-order valence-electron chi connectivity index (χ0n) is 25.1. The maximum Gasteiger partial charge on any atom is 0.243 e. The summed E-state index contributed by atoms with van der Waals surface area (Å²) in [4.78, 5) is 25.8. The fourth-order valence-corrected chi connectivity index (χ4v) is 6.96. The third-order valence-electron chi connectivity index (χ3n) is 7.21. The zero-order chi connectivity index (χ0) is 31.4.